The average molecular weight is 199 g/mol. The summed E-state index contributed by atoms with van der Waals surface area (Å²) >= 11 is 0. The van der Waals surface area contributed by atoms with E-state index in [0.29, 0.717) is 6.10 Å². The lowest BCUT2D eigenvalue weighted by molar-refractivity contribution is 0.0523. The SMILES string of the molecule is CCN(CC1CCOCC1)CC1CO1. The largest absolute Gasteiger partial charge is 0.381 e. The monoisotopic (exact) mass is 199 g/mol. The molecule has 0 aromatic rings. The van der Waals surface area contributed by atoms with Crippen molar-refractivity contribution in [3.05, 3.63) is 0 Å². The first-order chi connectivity index (χ1) is 6.88. The van der Waals surface area contributed by atoms with Crippen LogP contribution in [0.5, 0.6) is 0 Å². The molecule has 0 saturated carbocycles. The van der Waals surface area contributed by atoms with Gasteiger partial charge in [0.2, 0.25) is 0 Å². The first kappa shape index (κ1) is 10.4. The Morgan fingerprint density at radius 3 is 2.50 bits per heavy atom. The second-order valence-electron chi connectivity index (χ2n) is 4.36. The number of likely N-dealkylation sites (N-methyl/N-ethyl adjacent to an activating group) is 1. The third-order valence-corrected chi connectivity index (χ3v) is 3.17. The third kappa shape index (κ3) is 3.23. The molecule has 0 aromatic carbocycles. The molecule has 82 valence electrons. The van der Waals surface area contributed by atoms with Gasteiger partial charge in [0.1, 0.15) is 0 Å². The van der Waals surface area contributed by atoms with Crippen molar-refractivity contribution in [3.63, 3.8) is 0 Å². The Hall–Kier alpha value is -0.120. The third-order valence-electron chi connectivity index (χ3n) is 3.17. The molecular weight excluding hydrogens is 178 g/mol. The quantitative estimate of drug-likeness (QED) is 0.621. The predicted octanol–water partition coefficient (Wildman–Crippen LogP) is 1.13. The van der Waals surface area contributed by atoms with Gasteiger partial charge in [-0.2, -0.15) is 0 Å². The van der Waals surface area contributed by atoms with Crippen molar-refractivity contribution in [2.75, 3.05) is 39.5 Å². The highest BCUT2D eigenvalue weighted by atomic mass is 16.6. The van der Waals surface area contributed by atoms with E-state index in [9.17, 15) is 0 Å². The second-order valence-corrected chi connectivity index (χ2v) is 4.36. The number of hydrogen-bond donors (Lipinski definition) is 0. The lowest BCUT2D eigenvalue weighted by Gasteiger charge is -2.28. The molecule has 0 aromatic heterocycles. The van der Waals surface area contributed by atoms with Gasteiger partial charge in [-0.1, -0.05) is 6.92 Å². The minimum atomic E-state index is 0.537. The summed E-state index contributed by atoms with van der Waals surface area (Å²) in [5.74, 6) is 0.849. The van der Waals surface area contributed by atoms with Gasteiger partial charge in [-0.15, -0.1) is 0 Å². The van der Waals surface area contributed by atoms with Gasteiger partial charge in [0.25, 0.3) is 0 Å². The Bertz CT molecular complexity index is 165. The molecule has 0 bridgehead atoms. The van der Waals surface area contributed by atoms with Crippen LogP contribution in [0, 0.1) is 5.92 Å². The summed E-state index contributed by atoms with van der Waals surface area (Å²) in [7, 11) is 0. The van der Waals surface area contributed by atoms with Crippen LogP contribution in [0.1, 0.15) is 19.8 Å². The van der Waals surface area contributed by atoms with E-state index in [1.165, 1.54) is 19.4 Å². The Morgan fingerprint density at radius 2 is 1.93 bits per heavy atom. The standard InChI is InChI=1S/C11H21NO2/c1-2-12(8-11-9-14-11)7-10-3-5-13-6-4-10/h10-11H,2-9H2,1H3. The highest BCUT2D eigenvalue weighted by Crippen LogP contribution is 2.18. The zero-order chi connectivity index (χ0) is 9.80. The zero-order valence-corrected chi connectivity index (χ0v) is 9.08. The van der Waals surface area contributed by atoms with E-state index in [-0.39, 0.29) is 0 Å². The number of rotatable bonds is 5. The number of ether oxygens (including phenoxy) is 2. The topological polar surface area (TPSA) is 25.0 Å². The van der Waals surface area contributed by atoms with E-state index in [4.69, 9.17) is 9.47 Å². The molecule has 0 spiro atoms. The number of epoxide rings is 1. The van der Waals surface area contributed by atoms with Gasteiger partial charge in [0, 0.05) is 26.3 Å². The van der Waals surface area contributed by atoms with Crippen molar-refractivity contribution in [3.8, 4) is 0 Å². The van der Waals surface area contributed by atoms with Gasteiger partial charge in [-0.05, 0) is 25.3 Å². The fourth-order valence-electron chi connectivity index (χ4n) is 2.09. The lowest BCUT2D eigenvalue weighted by atomic mass is 9.99. The maximum absolute atomic E-state index is 5.37. The van der Waals surface area contributed by atoms with Crippen LogP contribution in [-0.2, 0) is 9.47 Å². The van der Waals surface area contributed by atoms with Crippen molar-refractivity contribution in [2.24, 2.45) is 5.92 Å². The first-order valence-corrected chi connectivity index (χ1v) is 5.80. The molecule has 1 unspecified atom stereocenters. The first-order valence-electron chi connectivity index (χ1n) is 5.80. The van der Waals surface area contributed by atoms with E-state index < -0.39 is 0 Å². The fraction of sp³-hybridized carbons (Fsp3) is 1.00. The van der Waals surface area contributed by atoms with Gasteiger partial charge in [-0.3, -0.25) is 0 Å². The molecule has 2 aliphatic heterocycles. The fourth-order valence-corrected chi connectivity index (χ4v) is 2.09. The van der Waals surface area contributed by atoms with Crippen LogP contribution in [0.3, 0.4) is 0 Å². The molecule has 2 aliphatic rings. The summed E-state index contributed by atoms with van der Waals surface area (Å²) < 4.78 is 10.6. The van der Waals surface area contributed by atoms with Crippen LogP contribution in [0.4, 0.5) is 0 Å². The predicted molar refractivity (Wildman–Crippen MR) is 55.4 cm³/mol. The molecule has 14 heavy (non-hydrogen) atoms. The molecule has 2 fully saturated rings. The van der Waals surface area contributed by atoms with Gasteiger partial charge in [-0.25, -0.2) is 0 Å². The molecule has 2 saturated heterocycles. The molecule has 2 heterocycles. The minimum absolute atomic E-state index is 0.537. The van der Waals surface area contributed by atoms with E-state index >= 15 is 0 Å². The summed E-state index contributed by atoms with van der Waals surface area (Å²) in [6, 6.07) is 0. The van der Waals surface area contributed by atoms with Crippen LogP contribution >= 0.6 is 0 Å². The van der Waals surface area contributed by atoms with Gasteiger partial charge in [0.05, 0.1) is 12.7 Å². The van der Waals surface area contributed by atoms with Crippen molar-refractivity contribution in [2.45, 2.75) is 25.9 Å². The van der Waals surface area contributed by atoms with Gasteiger partial charge >= 0.3 is 0 Å². The Kier molecular flexibility index (Phi) is 3.79. The molecule has 0 radical (unpaired) electrons. The average Bonchev–Trinajstić information content (AvgIpc) is 3.02. The highest BCUT2D eigenvalue weighted by Gasteiger charge is 2.26. The minimum Gasteiger partial charge on any atom is -0.381 e. The smallest absolute Gasteiger partial charge is 0.0936 e. The van der Waals surface area contributed by atoms with Crippen molar-refractivity contribution >= 4 is 0 Å². The van der Waals surface area contributed by atoms with Gasteiger partial charge in [0.15, 0.2) is 0 Å². The summed E-state index contributed by atoms with van der Waals surface area (Å²) in [5, 5.41) is 0. The van der Waals surface area contributed by atoms with Crippen molar-refractivity contribution < 1.29 is 9.47 Å². The maximum atomic E-state index is 5.37. The summed E-state index contributed by atoms with van der Waals surface area (Å²) in [5.41, 5.74) is 0. The van der Waals surface area contributed by atoms with Crippen molar-refractivity contribution in [1.82, 2.24) is 4.90 Å². The summed E-state index contributed by atoms with van der Waals surface area (Å²) in [6.45, 7) is 8.65. The van der Waals surface area contributed by atoms with Crippen LogP contribution < -0.4 is 0 Å². The maximum Gasteiger partial charge on any atom is 0.0936 e. The van der Waals surface area contributed by atoms with Gasteiger partial charge < -0.3 is 14.4 Å². The highest BCUT2D eigenvalue weighted by molar-refractivity contribution is 4.76. The van der Waals surface area contributed by atoms with Crippen LogP contribution in [0.15, 0.2) is 0 Å². The molecule has 0 aliphatic carbocycles. The zero-order valence-electron chi connectivity index (χ0n) is 9.08. The normalized spacial score (nSPS) is 28.3. The number of nitrogens with zero attached hydrogens (tertiary/aromatic N) is 1. The number of hydrogen-bond acceptors (Lipinski definition) is 3. The summed E-state index contributed by atoms with van der Waals surface area (Å²) in [6.07, 6.45) is 3.01. The van der Waals surface area contributed by atoms with Crippen LogP contribution in [0.25, 0.3) is 0 Å². The molecule has 0 N–H and O–H groups in total. The molecular formula is C11H21NO2. The Balaban J connectivity index is 1.68. The summed E-state index contributed by atoms with van der Waals surface area (Å²) in [4.78, 5) is 2.52. The Morgan fingerprint density at radius 1 is 1.21 bits per heavy atom. The van der Waals surface area contributed by atoms with E-state index in [2.05, 4.69) is 11.8 Å². The molecule has 3 heteroatoms. The van der Waals surface area contributed by atoms with Crippen LogP contribution in [-0.4, -0.2) is 50.5 Å². The van der Waals surface area contributed by atoms with Crippen molar-refractivity contribution in [1.29, 1.82) is 0 Å². The van der Waals surface area contributed by atoms with E-state index in [0.717, 1.165) is 38.8 Å². The molecule has 2 rings (SSSR count). The van der Waals surface area contributed by atoms with E-state index in [1.807, 2.05) is 0 Å². The second kappa shape index (κ2) is 5.10. The van der Waals surface area contributed by atoms with E-state index in [1.54, 1.807) is 0 Å². The van der Waals surface area contributed by atoms with Crippen LogP contribution in [0.2, 0.25) is 0 Å². The molecule has 0 amide bonds. The lowest BCUT2D eigenvalue weighted by Crippen LogP contribution is -2.34. The Labute approximate surface area is 86.4 Å². The molecule has 3 nitrogen and oxygen atoms in total. The molecule has 1 atom stereocenters.